The van der Waals surface area contributed by atoms with Crippen LogP contribution in [0, 0.1) is 30.6 Å². The van der Waals surface area contributed by atoms with Crippen molar-refractivity contribution in [1.29, 1.82) is 0 Å². The Morgan fingerprint density at radius 1 is 1.23 bits per heavy atom. The number of aryl methyl sites for hydroxylation is 1. The number of carbonyl (C=O) groups excluding carboxylic acids is 2. The van der Waals surface area contributed by atoms with E-state index in [0.29, 0.717) is 11.8 Å². The third kappa shape index (κ3) is 4.21. The van der Waals surface area contributed by atoms with Gasteiger partial charge in [0.15, 0.2) is 0 Å². The minimum Gasteiger partial charge on any atom is -0.458 e. The Morgan fingerprint density at radius 2 is 1.87 bits per heavy atom. The van der Waals surface area contributed by atoms with E-state index >= 15 is 0 Å². The first-order valence-corrected chi connectivity index (χ1v) is 11.6. The van der Waals surface area contributed by atoms with Crippen LogP contribution in [-0.4, -0.2) is 30.6 Å². The molecule has 0 aromatic heterocycles. The zero-order valence-corrected chi connectivity index (χ0v) is 19.5. The molecule has 30 heavy (non-hydrogen) atoms. The van der Waals surface area contributed by atoms with Crippen molar-refractivity contribution in [3.05, 3.63) is 23.8 Å². The molecular formula is C25H38N2O3. The second-order valence-corrected chi connectivity index (χ2v) is 9.49. The zero-order valence-electron chi connectivity index (χ0n) is 19.5. The fraction of sp³-hybridized carbons (Fsp3) is 0.680. The van der Waals surface area contributed by atoms with Crippen LogP contribution in [0.2, 0.25) is 0 Å². The van der Waals surface area contributed by atoms with Crippen LogP contribution in [0.5, 0.6) is 0 Å². The van der Waals surface area contributed by atoms with E-state index in [1.54, 1.807) is 0 Å². The SMILES string of the molecule is CCN(CC)c1ccc(NC(=O)C2C(C)C(=O)OC23CCC(C(C)C)CC3)c(C)c1. The monoisotopic (exact) mass is 414 g/mol. The summed E-state index contributed by atoms with van der Waals surface area (Å²) in [5, 5.41) is 3.12. The molecule has 5 nitrogen and oxygen atoms in total. The van der Waals surface area contributed by atoms with Crippen molar-refractivity contribution in [2.75, 3.05) is 23.3 Å². The van der Waals surface area contributed by atoms with Crippen molar-refractivity contribution in [3.8, 4) is 0 Å². The number of hydrogen-bond acceptors (Lipinski definition) is 4. The molecule has 0 bridgehead atoms. The highest BCUT2D eigenvalue weighted by Crippen LogP contribution is 2.49. The summed E-state index contributed by atoms with van der Waals surface area (Å²) < 4.78 is 5.91. The second-order valence-electron chi connectivity index (χ2n) is 9.49. The summed E-state index contributed by atoms with van der Waals surface area (Å²) in [4.78, 5) is 28.1. The molecule has 1 heterocycles. The van der Waals surface area contributed by atoms with Gasteiger partial charge in [-0.25, -0.2) is 0 Å². The van der Waals surface area contributed by atoms with Crippen LogP contribution in [0.3, 0.4) is 0 Å². The van der Waals surface area contributed by atoms with Crippen LogP contribution in [0.1, 0.15) is 65.9 Å². The number of amides is 1. The summed E-state index contributed by atoms with van der Waals surface area (Å²) in [5.74, 6) is 0.109. The normalized spacial score (nSPS) is 28.6. The number of hydrogen-bond donors (Lipinski definition) is 1. The first-order valence-electron chi connectivity index (χ1n) is 11.6. The van der Waals surface area contributed by atoms with Crippen molar-refractivity contribution in [2.24, 2.45) is 23.7 Å². The van der Waals surface area contributed by atoms with E-state index in [-0.39, 0.29) is 11.9 Å². The quantitative estimate of drug-likeness (QED) is 0.652. The lowest BCUT2D eigenvalue weighted by Gasteiger charge is -2.40. The highest BCUT2D eigenvalue weighted by atomic mass is 16.6. The highest BCUT2D eigenvalue weighted by Gasteiger charge is 2.58. The topological polar surface area (TPSA) is 58.6 Å². The molecule has 1 aliphatic heterocycles. The summed E-state index contributed by atoms with van der Waals surface area (Å²) in [5.41, 5.74) is 2.37. The van der Waals surface area contributed by atoms with Gasteiger partial charge in [-0.2, -0.15) is 0 Å². The van der Waals surface area contributed by atoms with E-state index in [9.17, 15) is 9.59 Å². The van der Waals surface area contributed by atoms with E-state index in [1.807, 2.05) is 19.9 Å². The second kappa shape index (κ2) is 8.99. The van der Waals surface area contributed by atoms with Crippen molar-refractivity contribution in [2.45, 2.75) is 72.8 Å². The maximum absolute atomic E-state index is 13.4. The molecule has 1 aliphatic carbocycles. The third-order valence-electron chi connectivity index (χ3n) is 7.44. The van der Waals surface area contributed by atoms with Crippen LogP contribution in [0.4, 0.5) is 11.4 Å². The minimum absolute atomic E-state index is 0.0879. The Hall–Kier alpha value is -2.04. The molecule has 2 atom stereocenters. The van der Waals surface area contributed by atoms with Crippen molar-refractivity contribution >= 4 is 23.3 Å². The lowest BCUT2D eigenvalue weighted by molar-refractivity contribution is -0.155. The van der Waals surface area contributed by atoms with E-state index in [4.69, 9.17) is 4.74 Å². The van der Waals surface area contributed by atoms with Gasteiger partial charge >= 0.3 is 5.97 Å². The average molecular weight is 415 g/mol. The molecule has 1 saturated carbocycles. The van der Waals surface area contributed by atoms with Crippen molar-refractivity contribution in [1.82, 2.24) is 0 Å². The number of ether oxygens (including phenoxy) is 1. The number of carbonyl (C=O) groups is 2. The van der Waals surface area contributed by atoms with E-state index in [2.05, 4.69) is 50.0 Å². The Kier molecular flexibility index (Phi) is 6.78. The lowest BCUT2D eigenvalue weighted by atomic mass is 9.67. The first-order chi connectivity index (χ1) is 14.2. The van der Waals surface area contributed by atoms with Gasteiger partial charge in [0.2, 0.25) is 5.91 Å². The van der Waals surface area contributed by atoms with Gasteiger partial charge in [-0.3, -0.25) is 9.59 Å². The molecule has 1 aromatic carbocycles. The number of esters is 1. The van der Waals surface area contributed by atoms with Gasteiger partial charge in [-0.1, -0.05) is 20.8 Å². The summed E-state index contributed by atoms with van der Waals surface area (Å²) >= 11 is 0. The molecule has 166 valence electrons. The summed E-state index contributed by atoms with van der Waals surface area (Å²) in [6.45, 7) is 14.5. The van der Waals surface area contributed by atoms with Gasteiger partial charge in [0, 0.05) is 24.5 Å². The molecule has 1 amide bonds. The smallest absolute Gasteiger partial charge is 0.310 e. The molecule has 1 spiro atoms. The molecule has 2 fully saturated rings. The molecule has 3 rings (SSSR count). The van der Waals surface area contributed by atoms with E-state index in [0.717, 1.165) is 55.7 Å². The number of nitrogens with one attached hydrogen (secondary N) is 1. The van der Waals surface area contributed by atoms with Gasteiger partial charge in [0.1, 0.15) is 5.60 Å². The van der Waals surface area contributed by atoms with Crippen LogP contribution in [-0.2, 0) is 14.3 Å². The number of nitrogens with zero attached hydrogens (tertiary/aromatic N) is 1. The number of rotatable bonds is 6. The number of anilines is 2. The zero-order chi connectivity index (χ0) is 22.1. The largest absolute Gasteiger partial charge is 0.458 e. The summed E-state index contributed by atoms with van der Waals surface area (Å²) in [6, 6.07) is 6.15. The molecule has 1 aromatic rings. The highest BCUT2D eigenvalue weighted by molar-refractivity contribution is 5.98. The third-order valence-corrected chi connectivity index (χ3v) is 7.44. The number of benzene rings is 1. The Morgan fingerprint density at radius 3 is 2.40 bits per heavy atom. The Balaban J connectivity index is 1.78. The maximum Gasteiger partial charge on any atom is 0.310 e. The lowest BCUT2D eigenvalue weighted by Crippen LogP contribution is -2.46. The van der Waals surface area contributed by atoms with Gasteiger partial charge in [0.25, 0.3) is 0 Å². The predicted molar refractivity (Wildman–Crippen MR) is 122 cm³/mol. The minimum atomic E-state index is -0.638. The fourth-order valence-electron chi connectivity index (χ4n) is 5.41. The van der Waals surface area contributed by atoms with Gasteiger partial charge in [0.05, 0.1) is 11.8 Å². The Bertz CT molecular complexity index is 777. The van der Waals surface area contributed by atoms with Gasteiger partial charge in [-0.15, -0.1) is 0 Å². The summed E-state index contributed by atoms with van der Waals surface area (Å²) in [7, 11) is 0. The van der Waals surface area contributed by atoms with Crippen LogP contribution >= 0.6 is 0 Å². The van der Waals surface area contributed by atoms with Crippen LogP contribution in [0.15, 0.2) is 18.2 Å². The molecule has 1 saturated heterocycles. The van der Waals surface area contributed by atoms with E-state index in [1.165, 1.54) is 0 Å². The van der Waals surface area contributed by atoms with Gasteiger partial charge in [-0.05, 0) is 82.1 Å². The predicted octanol–water partition coefficient (Wildman–Crippen LogP) is 5.17. The van der Waals surface area contributed by atoms with Crippen LogP contribution < -0.4 is 10.2 Å². The first kappa shape index (κ1) is 22.6. The van der Waals surface area contributed by atoms with Crippen molar-refractivity contribution < 1.29 is 14.3 Å². The molecule has 1 N–H and O–H groups in total. The fourth-order valence-corrected chi connectivity index (χ4v) is 5.41. The maximum atomic E-state index is 13.4. The molecule has 2 aliphatic rings. The molecular weight excluding hydrogens is 376 g/mol. The molecule has 5 heteroatoms. The van der Waals surface area contributed by atoms with Crippen molar-refractivity contribution in [3.63, 3.8) is 0 Å². The van der Waals surface area contributed by atoms with Gasteiger partial charge < -0.3 is 15.0 Å². The van der Waals surface area contributed by atoms with Crippen LogP contribution in [0.25, 0.3) is 0 Å². The molecule has 0 radical (unpaired) electrons. The summed E-state index contributed by atoms with van der Waals surface area (Å²) in [6.07, 6.45) is 3.59. The standard InChI is InChI=1S/C25H38N2O3/c1-7-27(8-2)20-9-10-21(17(5)15-20)26-23(28)22-18(6)24(29)30-25(22)13-11-19(12-14-25)16(3)4/h9-10,15-16,18-19,22H,7-8,11-14H2,1-6H3,(H,26,28). The Labute approximate surface area is 181 Å². The average Bonchev–Trinajstić information content (AvgIpc) is 2.94. The van der Waals surface area contributed by atoms with E-state index < -0.39 is 17.4 Å². The molecule has 2 unspecified atom stereocenters.